The molecule has 0 aliphatic carbocycles. The van der Waals surface area contributed by atoms with E-state index in [-0.39, 0.29) is 61.4 Å². The third kappa shape index (κ3) is 3.31. The Morgan fingerprint density at radius 2 is 1.84 bits per heavy atom. The van der Waals surface area contributed by atoms with Crippen molar-refractivity contribution in [3.05, 3.63) is 35.7 Å². The molecule has 2 aromatic rings. The number of esters is 1. The van der Waals surface area contributed by atoms with Gasteiger partial charge in [0.25, 0.3) is 5.91 Å². The molecule has 1 aromatic carbocycles. The average Bonchev–Trinajstić information content (AvgIpc) is 3.07. The van der Waals surface area contributed by atoms with Crippen LogP contribution in [0.15, 0.2) is 24.3 Å². The normalized spacial score (nSPS) is 20.1. The van der Waals surface area contributed by atoms with E-state index < -0.39 is 11.6 Å². The van der Waals surface area contributed by atoms with Crippen molar-refractivity contribution < 1.29 is 19.1 Å². The zero-order valence-electron chi connectivity index (χ0n) is 17.2. The minimum absolute atomic E-state index is 0.0552. The molecule has 0 spiro atoms. The molecular formula is C20H23N7O4. The van der Waals surface area contributed by atoms with E-state index in [1.807, 2.05) is 13.8 Å². The molecule has 4 rings (SSSR count). The molecule has 1 atom stereocenters. The van der Waals surface area contributed by atoms with Gasteiger partial charge in [-0.25, -0.2) is 4.79 Å². The van der Waals surface area contributed by atoms with Gasteiger partial charge >= 0.3 is 5.97 Å². The highest BCUT2D eigenvalue weighted by Gasteiger charge is 2.62. The molecule has 0 bridgehead atoms. The number of benzene rings is 1. The number of aromatic nitrogens is 3. The number of nitrogen functional groups attached to an aromatic ring is 2. The number of hydrogen-bond donors (Lipinski definition) is 2. The summed E-state index contributed by atoms with van der Waals surface area (Å²) >= 11 is 0. The Balaban J connectivity index is 1.75. The molecule has 1 saturated heterocycles. The summed E-state index contributed by atoms with van der Waals surface area (Å²) in [6.45, 7) is 3.82. The highest BCUT2D eigenvalue weighted by molar-refractivity contribution is 6.15. The lowest BCUT2D eigenvalue weighted by Gasteiger charge is -2.48. The molecule has 4 N–H and O–H groups in total. The maximum atomic E-state index is 13.5. The van der Waals surface area contributed by atoms with Gasteiger partial charge in [0, 0.05) is 19.4 Å². The highest BCUT2D eigenvalue weighted by Crippen LogP contribution is 2.45. The Kier molecular flexibility index (Phi) is 4.96. The van der Waals surface area contributed by atoms with Crippen molar-refractivity contribution in [2.75, 3.05) is 22.9 Å². The van der Waals surface area contributed by atoms with Crippen LogP contribution < -0.4 is 16.4 Å². The lowest BCUT2D eigenvalue weighted by atomic mass is 9.95. The molecule has 3 heterocycles. The zero-order chi connectivity index (χ0) is 22.3. The van der Waals surface area contributed by atoms with Crippen molar-refractivity contribution in [3.63, 3.8) is 0 Å². The Hall–Kier alpha value is -3.76. The molecule has 162 valence electrons. The average molecular weight is 425 g/mol. The molecule has 1 fully saturated rings. The van der Waals surface area contributed by atoms with E-state index in [2.05, 4.69) is 15.0 Å². The zero-order valence-corrected chi connectivity index (χ0v) is 17.2. The van der Waals surface area contributed by atoms with Crippen LogP contribution in [0.5, 0.6) is 0 Å². The smallest absolute Gasteiger partial charge is 0.354 e. The number of rotatable bonds is 5. The first-order valence-electron chi connectivity index (χ1n) is 9.91. The maximum Gasteiger partial charge on any atom is 0.354 e. The van der Waals surface area contributed by atoms with E-state index in [1.54, 1.807) is 24.3 Å². The van der Waals surface area contributed by atoms with Crippen LogP contribution in [0.25, 0.3) is 0 Å². The molecule has 2 aliphatic rings. The highest BCUT2D eigenvalue weighted by atomic mass is 16.5. The van der Waals surface area contributed by atoms with E-state index in [0.717, 1.165) is 0 Å². The largest absolute Gasteiger partial charge is 0.454 e. The van der Waals surface area contributed by atoms with Gasteiger partial charge in [-0.3, -0.25) is 14.5 Å². The second kappa shape index (κ2) is 7.49. The molecule has 1 aromatic heterocycles. The van der Waals surface area contributed by atoms with Gasteiger partial charge in [-0.1, -0.05) is 26.0 Å². The summed E-state index contributed by atoms with van der Waals surface area (Å²) in [7, 11) is 0. The summed E-state index contributed by atoms with van der Waals surface area (Å²) in [6, 6.07) is 6.77. The Bertz CT molecular complexity index is 1050. The first kappa shape index (κ1) is 20.5. The van der Waals surface area contributed by atoms with Gasteiger partial charge in [-0.05, 0) is 18.1 Å². The molecule has 11 heteroatoms. The van der Waals surface area contributed by atoms with Gasteiger partial charge in [-0.2, -0.15) is 15.0 Å². The van der Waals surface area contributed by atoms with Crippen LogP contribution in [0.2, 0.25) is 0 Å². The minimum atomic E-state index is -1.57. The van der Waals surface area contributed by atoms with Crippen LogP contribution in [0, 0.1) is 5.92 Å². The second-order valence-electron chi connectivity index (χ2n) is 7.92. The van der Waals surface area contributed by atoms with Crippen molar-refractivity contribution in [1.82, 2.24) is 19.9 Å². The maximum absolute atomic E-state index is 13.5. The van der Waals surface area contributed by atoms with Gasteiger partial charge in [0.05, 0.1) is 11.3 Å². The van der Waals surface area contributed by atoms with Gasteiger partial charge in [-0.15, -0.1) is 0 Å². The number of nitrogens with zero attached hydrogens (tertiary/aromatic N) is 5. The monoisotopic (exact) mass is 425 g/mol. The minimum Gasteiger partial charge on any atom is -0.454 e. The summed E-state index contributed by atoms with van der Waals surface area (Å²) in [4.78, 5) is 54.1. The molecule has 31 heavy (non-hydrogen) atoms. The number of anilines is 3. The fourth-order valence-electron chi connectivity index (χ4n) is 4.13. The Labute approximate surface area is 178 Å². The molecule has 0 saturated carbocycles. The lowest BCUT2D eigenvalue weighted by molar-refractivity contribution is -0.159. The van der Waals surface area contributed by atoms with Crippen molar-refractivity contribution in [1.29, 1.82) is 0 Å². The van der Waals surface area contributed by atoms with Crippen molar-refractivity contribution >= 4 is 35.4 Å². The summed E-state index contributed by atoms with van der Waals surface area (Å²) in [6.07, 6.45) is 0.232. The molecule has 0 radical (unpaired) electrons. The van der Waals surface area contributed by atoms with Gasteiger partial charge < -0.3 is 21.1 Å². The van der Waals surface area contributed by atoms with Gasteiger partial charge in [0.2, 0.25) is 23.5 Å². The summed E-state index contributed by atoms with van der Waals surface area (Å²) in [5.41, 5.74) is 10.3. The predicted octanol–water partition coefficient (Wildman–Crippen LogP) is 0.714. The number of ether oxygens (including phenoxy) is 1. The van der Waals surface area contributed by atoms with Crippen molar-refractivity contribution in [3.8, 4) is 0 Å². The number of carbonyl (C=O) groups excluding carboxylic acids is 3. The number of para-hydroxylation sites is 1. The van der Waals surface area contributed by atoms with E-state index in [9.17, 15) is 14.4 Å². The molecule has 1 unspecified atom stereocenters. The van der Waals surface area contributed by atoms with Crippen LogP contribution in [0.1, 0.15) is 42.9 Å². The van der Waals surface area contributed by atoms with Crippen LogP contribution in [-0.2, 0) is 20.9 Å². The van der Waals surface area contributed by atoms with E-state index in [1.165, 1.54) is 9.80 Å². The number of hydrogen-bond acceptors (Lipinski definition) is 9. The topological polar surface area (TPSA) is 158 Å². The van der Waals surface area contributed by atoms with Gasteiger partial charge in [0.1, 0.15) is 0 Å². The standard InChI is InChI=1S/C20H23N7O4/c1-11(2)9-26-16(29)12-5-3-4-6-13(12)27-15(28)7-8-20(26,27)17(30)31-10-14-23-18(21)25-19(22)24-14/h3-6,11H,7-10H2,1-2H3,(H4,21,22,23,24,25). The van der Waals surface area contributed by atoms with Crippen LogP contribution in [-0.4, -0.2) is 49.8 Å². The summed E-state index contributed by atoms with van der Waals surface area (Å²) in [5.74, 6) is -1.38. The molecule has 11 nitrogen and oxygen atoms in total. The first-order chi connectivity index (χ1) is 14.7. The third-order valence-electron chi connectivity index (χ3n) is 5.30. The Morgan fingerprint density at radius 1 is 1.16 bits per heavy atom. The third-order valence-corrected chi connectivity index (χ3v) is 5.30. The number of amides is 2. The van der Waals surface area contributed by atoms with Gasteiger partial charge in [0.15, 0.2) is 12.4 Å². The quantitative estimate of drug-likeness (QED) is 0.658. The van der Waals surface area contributed by atoms with E-state index in [0.29, 0.717) is 11.3 Å². The summed E-state index contributed by atoms with van der Waals surface area (Å²) in [5, 5.41) is 0. The lowest BCUT2D eigenvalue weighted by Crippen LogP contribution is -2.69. The summed E-state index contributed by atoms with van der Waals surface area (Å²) < 4.78 is 5.52. The van der Waals surface area contributed by atoms with Crippen molar-refractivity contribution in [2.24, 2.45) is 5.92 Å². The molecular weight excluding hydrogens is 402 g/mol. The SMILES string of the molecule is CC(C)CN1C(=O)c2ccccc2N2C(=O)CCC12C(=O)OCc1nc(N)nc(N)n1. The van der Waals surface area contributed by atoms with Crippen LogP contribution in [0.3, 0.4) is 0 Å². The van der Waals surface area contributed by atoms with Crippen LogP contribution in [0.4, 0.5) is 17.6 Å². The number of carbonyl (C=O) groups is 3. The number of nitrogens with two attached hydrogens (primary N) is 2. The Morgan fingerprint density at radius 3 is 2.52 bits per heavy atom. The fourth-order valence-corrected chi connectivity index (χ4v) is 4.13. The van der Waals surface area contributed by atoms with Crippen molar-refractivity contribution in [2.45, 2.75) is 39.0 Å². The molecule has 2 aliphatic heterocycles. The van der Waals surface area contributed by atoms with Crippen LogP contribution >= 0.6 is 0 Å². The molecule has 2 amide bonds. The fraction of sp³-hybridized carbons (Fsp3) is 0.400. The van der Waals surface area contributed by atoms with E-state index in [4.69, 9.17) is 16.2 Å². The second-order valence-corrected chi connectivity index (χ2v) is 7.92. The van der Waals surface area contributed by atoms with E-state index >= 15 is 0 Å². The number of fused-ring (bicyclic) bond motifs is 3. The first-order valence-corrected chi connectivity index (χ1v) is 9.91. The predicted molar refractivity (Wildman–Crippen MR) is 110 cm³/mol.